The minimum atomic E-state index is -0.910. The lowest BCUT2D eigenvalue weighted by atomic mass is 9.81. The Labute approximate surface area is 83.3 Å². The van der Waals surface area contributed by atoms with E-state index in [0.29, 0.717) is 0 Å². The van der Waals surface area contributed by atoms with Gasteiger partial charge in [-0.15, -0.1) is 0 Å². The Morgan fingerprint density at radius 2 is 1.93 bits per heavy atom. The molecule has 2 fully saturated rings. The normalized spacial score (nSPS) is 40.1. The Kier molecular flexibility index (Phi) is 2.18. The van der Waals surface area contributed by atoms with E-state index in [1.54, 1.807) is 0 Å². The maximum absolute atomic E-state index is 10.6. The first-order valence-electron chi connectivity index (χ1n) is 5.22. The highest BCUT2D eigenvalue weighted by Crippen LogP contribution is 2.58. The fourth-order valence-electron chi connectivity index (χ4n) is 3.30. The van der Waals surface area contributed by atoms with E-state index in [0.717, 1.165) is 38.5 Å². The van der Waals surface area contributed by atoms with Gasteiger partial charge in [-0.3, -0.25) is 0 Å². The van der Waals surface area contributed by atoms with Gasteiger partial charge in [-0.2, -0.15) is 0 Å². The number of amides is 1. The summed E-state index contributed by atoms with van der Waals surface area (Å²) in [5.41, 5.74) is 0.0677. The van der Waals surface area contributed by atoms with Crippen molar-refractivity contribution in [1.29, 1.82) is 0 Å². The third kappa shape index (κ3) is 1.47. The van der Waals surface area contributed by atoms with Gasteiger partial charge in [0.2, 0.25) is 0 Å². The lowest BCUT2D eigenvalue weighted by Gasteiger charge is -2.27. The van der Waals surface area contributed by atoms with Gasteiger partial charge in [0.1, 0.15) is 0 Å². The number of aliphatic hydroxyl groups is 1. The quantitative estimate of drug-likeness (QED) is 0.642. The third-order valence-electron chi connectivity index (χ3n) is 4.00. The highest BCUT2D eigenvalue weighted by atomic mass is 16.4. The van der Waals surface area contributed by atoms with Gasteiger partial charge >= 0.3 is 6.09 Å². The zero-order valence-electron chi connectivity index (χ0n) is 8.25. The zero-order chi connectivity index (χ0) is 10.2. The second kappa shape index (κ2) is 3.12. The molecule has 2 aliphatic carbocycles. The van der Waals surface area contributed by atoms with Gasteiger partial charge in [-0.1, -0.05) is 0 Å². The summed E-state index contributed by atoms with van der Waals surface area (Å²) in [5.74, 6) is 0. The largest absolute Gasteiger partial charge is 0.465 e. The number of carbonyl (C=O) groups is 1. The standard InChI is InChI=1S/C10H17NO3/c12-6-5-9-1-3-10(7-9,4-2-9)11-8(13)14/h11-12H,1-7H2,(H,13,14). The van der Waals surface area contributed by atoms with Gasteiger partial charge in [-0.05, 0) is 43.9 Å². The van der Waals surface area contributed by atoms with Crippen molar-refractivity contribution in [2.75, 3.05) is 6.61 Å². The summed E-state index contributed by atoms with van der Waals surface area (Å²) in [5, 5.41) is 20.4. The second-order valence-electron chi connectivity index (χ2n) is 4.86. The smallest absolute Gasteiger partial charge is 0.405 e. The van der Waals surface area contributed by atoms with Gasteiger partial charge in [0.25, 0.3) is 0 Å². The highest BCUT2D eigenvalue weighted by Gasteiger charge is 2.54. The summed E-state index contributed by atoms with van der Waals surface area (Å²) in [7, 11) is 0. The van der Waals surface area contributed by atoms with E-state index in [1.807, 2.05) is 0 Å². The van der Waals surface area contributed by atoms with Crippen LogP contribution in [-0.4, -0.2) is 28.5 Å². The number of hydrogen-bond acceptors (Lipinski definition) is 2. The summed E-state index contributed by atoms with van der Waals surface area (Å²) in [6.07, 6.45) is 4.86. The van der Waals surface area contributed by atoms with Gasteiger partial charge < -0.3 is 15.5 Å². The van der Waals surface area contributed by atoms with Crippen LogP contribution in [0.3, 0.4) is 0 Å². The molecular weight excluding hydrogens is 182 g/mol. The molecule has 2 saturated carbocycles. The molecule has 4 heteroatoms. The fraction of sp³-hybridized carbons (Fsp3) is 0.900. The summed E-state index contributed by atoms with van der Waals surface area (Å²) < 4.78 is 0. The van der Waals surface area contributed by atoms with Crippen molar-refractivity contribution < 1.29 is 15.0 Å². The van der Waals surface area contributed by atoms with Crippen molar-refractivity contribution in [3.63, 3.8) is 0 Å². The molecule has 14 heavy (non-hydrogen) atoms. The van der Waals surface area contributed by atoms with Crippen LogP contribution in [0.25, 0.3) is 0 Å². The summed E-state index contributed by atoms with van der Waals surface area (Å²) >= 11 is 0. The number of aliphatic hydroxyl groups excluding tert-OH is 1. The van der Waals surface area contributed by atoms with Crippen LogP contribution in [0.15, 0.2) is 0 Å². The molecule has 0 heterocycles. The van der Waals surface area contributed by atoms with Crippen molar-refractivity contribution in [3.8, 4) is 0 Å². The first-order chi connectivity index (χ1) is 6.60. The van der Waals surface area contributed by atoms with Crippen LogP contribution in [0.1, 0.15) is 38.5 Å². The van der Waals surface area contributed by atoms with Gasteiger partial charge in [0, 0.05) is 12.1 Å². The molecule has 0 aromatic heterocycles. The Hall–Kier alpha value is -0.770. The van der Waals surface area contributed by atoms with Crippen molar-refractivity contribution in [2.24, 2.45) is 5.41 Å². The van der Waals surface area contributed by atoms with E-state index >= 15 is 0 Å². The molecule has 0 aliphatic heterocycles. The van der Waals surface area contributed by atoms with Crippen molar-refractivity contribution >= 4 is 6.09 Å². The Morgan fingerprint density at radius 3 is 2.43 bits per heavy atom. The van der Waals surface area contributed by atoms with E-state index < -0.39 is 6.09 Å². The SMILES string of the molecule is O=C(O)NC12CCC(CCO)(CC1)C2. The Balaban J connectivity index is 2.04. The fourth-order valence-corrected chi connectivity index (χ4v) is 3.30. The van der Waals surface area contributed by atoms with Crippen molar-refractivity contribution in [1.82, 2.24) is 5.32 Å². The van der Waals surface area contributed by atoms with Crippen LogP contribution in [-0.2, 0) is 0 Å². The Morgan fingerprint density at radius 1 is 1.29 bits per heavy atom. The van der Waals surface area contributed by atoms with Crippen LogP contribution in [0, 0.1) is 5.41 Å². The predicted octanol–water partition coefficient (Wildman–Crippen LogP) is 1.34. The first kappa shape index (κ1) is 9.77. The van der Waals surface area contributed by atoms with Crippen LogP contribution in [0.2, 0.25) is 0 Å². The lowest BCUT2D eigenvalue weighted by molar-refractivity contribution is 0.176. The molecule has 0 spiro atoms. The number of fused-ring (bicyclic) bond motifs is 2. The number of hydrogen-bond donors (Lipinski definition) is 3. The van der Waals surface area contributed by atoms with Crippen molar-refractivity contribution in [2.45, 2.75) is 44.1 Å². The van der Waals surface area contributed by atoms with Crippen LogP contribution < -0.4 is 5.32 Å². The van der Waals surface area contributed by atoms with Crippen LogP contribution in [0.4, 0.5) is 4.79 Å². The molecule has 0 atom stereocenters. The number of rotatable bonds is 3. The molecule has 0 saturated heterocycles. The van der Waals surface area contributed by atoms with E-state index in [2.05, 4.69) is 5.32 Å². The molecule has 0 aromatic rings. The molecule has 4 nitrogen and oxygen atoms in total. The number of carboxylic acid groups (broad SMARTS) is 1. The summed E-state index contributed by atoms with van der Waals surface area (Å²) in [6.45, 7) is 0.225. The summed E-state index contributed by atoms with van der Waals surface area (Å²) in [4.78, 5) is 10.6. The molecule has 2 aliphatic rings. The molecule has 0 unspecified atom stereocenters. The molecule has 2 bridgehead atoms. The maximum atomic E-state index is 10.6. The first-order valence-corrected chi connectivity index (χ1v) is 5.22. The van der Waals surface area contributed by atoms with Crippen LogP contribution >= 0.6 is 0 Å². The van der Waals surface area contributed by atoms with Gasteiger partial charge in [-0.25, -0.2) is 4.79 Å². The van der Waals surface area contributed by atoms with E-state index in [9.17, 15) is 4.79 Å². The van der Waals surface area contributed by atoms with Gasteiger partial charge in [0.05, 0.1) is 0 Å². The van der Waals surface area contributed by atoms with E-state index in [4.69, 9.17) is 10.2 Å². The average molecular weight is 199 g/mol. The van der Waals surface area contributed by atoms with E-state index in [-0.39, 0.29) is 17.6 Å². The molecule has 80 valence electrons. The third-order valence-corrected chi connectivity index (χ3v) is 4.00. The van der Waals surface area contributed by atoms with Gasteiger partial charge in [0.15, 0.2) is 0 Å². The molecule has 3 N–H and O–H groups in total. The lowest BCUT2D eigenvalue weighted by Crippen LogP contribution is -2.44. The topological polar surface area (TPSA) is 69.6 Å². The molecular formula is C10H17NO3. The molecule has 0 aromatic carbocycles. The predicted molar refractivity (Wildman–Crippen MR) is 51.1 cm³/mol. The van der Waals surface area contributed by atoms with E-state index in [1.165, 1.54) is 0 Å². The molecule has 1 amide bonds. The van der Waals surface area contributed by atoms with Crippen LogP contribution in [0.5, 0.6) is 0 Å². The monoisotopic (exact) mass is 199 g/mol. The van der Waals surface area contributed by atoms with Crippen molar-refractivity contribution in [3.05, 3.63) is 0 Å². The minimum absolute atomic E-state index is 0.166. The highest BCUT2D eigenvalue weighted by molar-refractivity contribution is 5.66. The molecule has 0 radical (unpaired) electrons. The average Bonchev–Trinajstić information content (AvgIpc) is 2.58. The number of nitrogens with one attached hydrogen (secondary N) is 1. The minimum Gasteiger partial charge on any atom is -0.465 e. The maximum Gasteiger partial charge on any atom is 0.405 e. The summed E-state index contributed by atoms with van der Waals surface area (Å²) in [6, 6.07) is 0. The molecule has 2 rings (SSSR count). The Bertz CT molecular complexity index is 244. The zero-order valence-corrected chi connectivity index (χ0v) is 8.25. The second-order valence-corrected chi connectivity index (χ2v) is 4.86.